The molecule has 2 rings (SSSR count). The summed E-state index contributed by atoms with van der Waals surface area (Å²) in [5, 5.41) is 0.353. The molecular formula is C10H12ClNO. The summed E-state index contributed by atoms with van der Waals surface area (Å²) in [7, 11) is 0. The van der Waals surface area contributed by atoms with Gasteiger partial charge in [0.1, 0.15) is 5.02 Å². The Morgan fingerprint density at radius 2 is 2.31 bits per heavy atom. The molecule has 0 saturated heterocycles. The van der Waals surface area contributed by atoms with Crippen LogP contribution in [0, 0.1) is 0 Å². The van der Waals surface area contributed by atoms with E-state index in [0.717, 1.165) is 24.8 Å². The third kappa shape index (κ3) is 1.63. The third-order valence-corrected chi connectivity index (χ3v) is 2.68. The van der Waals surface area contributed by atoms with Gasteiger partial charge in [-0.15, -0.1) is 0 Å². The van der Waals surface area contributed by atoms with Gasteiger partial charge in [-0.05, 0) is 30.9 Å². The molecule has 0 aliphatic heterocycles. The zero-order valence-corrected chi connectivity index (χ0v) is 8.34. The van der Waals surface area contributed by atoms with Gasteiger partial charge in [-0.2, -0.15) is 0 Å². The molecule has 0 radical (unpaired) electrons. The molecule has 0 bridgehead atoms. The summed E-state index contributed by atoms with van der Waals surface area (Å²) >= 11 is 5.84. The van der Waals surface area contributed by atoms with Crippen LogP contribution in [0.1, 0.15) is 31.4 Å². The standard InChI is InChI=1S/C10H12ClNO/c1-2-7-5-9(11)10(13)12(6-7)8-3-4-8/h5-6,8H,2-4H2,1H3. The largest absolute Gasteiger partial charge is 0.311 e. The van der Waals surface area contributed by atoms with Crippen LogP contribution in [-0.4, -0.2) is 4.57 Å². The monoisotopic (exact) mass is 197 g/mol. The fourth-order valence-electron chi connectivity index (χ4n) is 1.44. The molecule has 0 unspecified atom stereocenters. The first-order chi connectivity index (χ1) is 6.22. The Kier molecular flexibility index (Phi) is 2.16. The highest BCUT2D eigenvalue weighted by Gasteiger charge is 2.25. The summed E-state index contributed by atoms with van der Waals surface area (Å²) in [5.74, 6) is 0. The van der Waals surface area contributed by atoms with Gasteiger partial charge < -0.3 is 4.57 Å². The Morgan fingerprint density at radius 3 is 2.85 bits per heavy atom. The third-order valence-electron chi connectivity index (χ3n) is 2.40. The topological polar surface area (TPSA) is 22.0 Å². The quantitative estimate of drug-likeness (QED) is 0.714. The van der Waals surface area contributed by atoms with E-state index in [2.05, 4.69) is 6.92 Å². The average Bonchev–Trinajstić information content (AvgIpc) is 2.92. The van der Waals surface area contributed by atoms with Crippen LogP contribution in [0.5, 0.6) is 0 Å². The second-order valence-electron chi connectivity index (χ2n) is 3.49. The fraction of sp³-hybridized carbons (Fsp3) is 0.500. The maximum atomic E-state index is 11.5. The van der Waals surface area contributed by atoms with E-state index in [1.807, 2.05) is 6.20 Å². The summed E-state index contributed by atoms with van der Waals surface area (Å²) in [4.78, 5) is 11.5. The average molecular weight is 198 g/mol. The molecule has 1 saturated carbocycles. The molecule has 2 nitrogen and oxygen atoms in total. The van der Waals surface area contributed by atoms with Crippen LogP contribution in [-0.2, 0) is 6.42 Å². The molecule has 13 heavy (non-hydrogen) atoms. The zero-order chi connectivity index (χ0) is 9.42. The lowest BCUT2D eigenvalue weighted by Gasteiger charge is -2.06. The van der Waals surface area contributed by atoms with Gasteiger partial charge in [0, 0.05) is 12.2 Å². The summed E-state index contributed by atoms with van der Waals surface area (Å²) in [6.07, 6.45) is 5.09. The van der Waals surface area contributed by atoms with Crippen LogP contribution in [0.4, 0.5) is 0 Å². The molecular weight excluding hydrogens is 186 g/mol. The highest BCUT2D eigenvalue weighted by atomic mass is 35.5. The Labute approximate surface area is 82.1 Å². The number of hydrogen-bond donors (Lipinski definition) is 0. The van der Waals surface area contributed by atoms with E-state index in [4.69, 9.17) is 11.6 Å². The van der Waals surface area contributed by atoms with Crippen molar-refractivity contribution in [3.05, 3.63) is 33.2 Å². The molecule has 0 spiro atoms. The van der Waals surface area contributed by atoms with Crippen molar-refractivity contribution in [3.63, 3.8) is 0 Å². The Bertz CT molecular complexity index is 379. The van der Waals surface area contributed by atoms with Crippen molar-refractivity contribution in [2.24, 2.45) is 0 Å². The van der Waals surface area contributed by atoms with E-state index in [0.29, 0.717) is 11.1 Å². The predicted molar refractivity (Wildman–Crippen MR) is 53.4 cm³/mol. The molecule has 0 atom stereocenters. The molecule has 1 aliphatic carbocycles. The van der Waals surface area contributed by atoms with Crippen LogP contribution in [0.15, 0.2) is 17.1 Å². The van der Waals surface area contributed by atoms with Crippen molar-refractivity contribution < 1.29 is 0 Å². The van der Waals surface area contributed by atoms with Crippen molar-refractivity contribution in [2.75, 3.05) is 0 Å². The second kappa shape index (κ2) is 3.18. The van der Waals surface area contributed by atoms with Crippen LogP contribution in [0.2, 0.25) is 5.02 Å². The Morgan fingerprint density at radius 1 is 1.62 bits per heavy atom. The molecule has 70 valence electrons. The molecule has 1 aliphatic rings. The number of pyridine rings is 1. The number of rotatable bonds is 2. The van der Waals surface area contributed by atoms with Crippen LogP contribution in [0.25, 0.3) is 0 Å². The maximum Gasteiger partial charge on any atom is 0.269 e. The first kappa shape index (κ1) is 8.82. The van der Waals surface area contributed by atoms with Gasteiger partial charge >= 0.3 is 0 Å². The van der Waals surface area contributed by atoms with E-state index in [1.165, 1.54) is 0 Å². The van der Waals surface area contributed by atoms with Gasteiger partial charge in [-0.1, -0.05) is 18.5 Å². The lowest BCUT2D eigenvalue weighted by Crippen LogP contribution is -2.19. The van der Waals surface area contributed by atoms with Gasteiger partial charge in [-0.25, -0.2) is 0 Å². The molecule has 1 heterocycles. The predicted octanol–water partition coefficient (Wildman–Crippen LogP) is 2.40. The van der Waals surface area contributed by atoms with E-state index >= 15 is 0 Å². The number of halogens is 1. The van der Waals surface area contributed by atoms with Gasteiger partial charge in [0.05, 0.1) is 0 Å². The summed E-state index contributed by atoms with van der Waals surface area (Å²) in [6, 6.07) is 2.18. The van der Waals surface area contributed by atoms with E-state index in [1.54, 1.807) is 10.6 Å². The molecule has 0 N–H and O–H groups in total. The number of aryl methyl sites for hydroxylation is 1. The number of nitrogens with zero attached hydrogens (tertiary/aromatic N) is 1. The van der Waals surface area contributed by atoms with Gasteiger partial charge in [0.25, 0.3) is 5.56 Å². The van der Waals surface area contributed by atoms with Crippen LogP contribution in [0.3, 0.4) is 0 Å². The summed E-state index contributed by atoms with van der Waals surface area (Å²) < 4.78 is 1.78. The van der Waals surface area contributed by atoms with Crippen molar-refractivity contribution in [3.8, 4) is 0 Å². The van der Waals surface area contributed by atoms with Gasteiger partial charge in [0.2, 0.25) is 0 Å². The lowest BCUT2D eigenvalue weighted by molar-refractivity contribution is 0.700. The van der Waals surface area contributed by atoms with E-state index < -0.39 is 0 Å². The lowest BCUT2D eigenvalue weighted by atomic mass is 10.2. The van der Waals surface area contributed by atoms with E-state index in [9.17, 15) is 4.79 Å². The molecule has 0 amide bonds. The van der Waals surface area contributed by atoms with Crippen molar-refractivity contribution in [1.29, 1.82) is 0 Å². The van der Waals surface area contributed by atoms with Gasteiger partial charge in [-0.3, -0.25) is 4.79 Å². The SMILES string of the molecule is CCc1cc(Cl)c(=O)n(C2CC2)c1. The zero-order valence-electron chi connectivity index (χ0n) is 7.59. The fourth-order valence-corrected chi connectivity index (χ4v) is 1.68. The molecule has 0 aromatic carbocycles. The molecule has 1 aromatic heterocycles. The first-order valence-corrected chi connectivity index (χ1v) is 5.00. The summed E-state index contributed by atoms with van der Waals surface area (Å²) in [5.41, 5.74) is 1.10. The molecule has 1 aromatic rings. The minimum atomic E-state index is -0.0404. The summed E-state index contributed by atoms with van der Waals surface area (Å²) in [6.45, 7) is 2.06. The van der Waals surface area contributed by atoms with Crippen molar-refractivity contribution in [1.82, 2.24) is 4.57 Å². The Balaban J connectivity index is 2.52. The minimum absolute atomic E-state index is 0.0404. The first-order valence-electron chi connectivity index (χ1n) is 4.63. The van der Waals surface area contributed by atoms with Crippen molar-refractivity contribution >= 4 is 11.6 Å². The number of aromatic nitrogens is 1. The second-order valence-corrected chi connectivity index (χ2v) is 3.90. The minimum Gasteiger partial charge on any atom is -0.311 e. The maximum absolute atomic E-state index is 11.5. The van der Waals surface area contributed by atoms with Crippen molar-refractivity contribution in [2.45, 2.75) is 32.2 Å². The highest BCUT2D eigenvalue weighted by Crippen LogP contribution is 2.33. The van der Waals surface area contributed by atoms with Gasteiger partial charge in [0.15, 0.2) is 0 Å². The van der Waals surface area contributed by atoms with Crippen LogP contribution >= 0.6 is 11.6 Å². The molecule has 1 fully saturated rings. The Hall–Kier alpha value is -0.760. The number of hydrogen-bond acceptors (Lipinski definition) is 1. The molecule has 3 heteroatoms. The van der Waals surface area contributed by atoms with E-state index in [-0.39, 0.29) is 5.56 Å². The smallest absolute Gasteiger partial charge is 0.269 e. The van der Waals surface area contributed by atoms with Crippen LogP contribution < -0.4 is 5.56 Å². The highest BCUT2D eigenvalue weighted by molar-refractivity contribution is 6.30. The normalized spacial score (nSPS) is 16.2.